The summed E-state index contributed by atoms with van der Waals surface area (Å²) >= 11 is 3.02. The van der Waals surface area contributed by atoms with Gasteiger partial charge in [-0.2, -0.15) is 13.2 Å². The van der Waals surface area contributed by atoms with E-state index in [9.17, 15) is 18.0 Å². The molecular weight excluding hydrogens is 355 g/mol. The van der Waals surface area contributed by atoms with Gasteiger partial charge in [0.05, 0.1) is 24.5 Å². The van der Waals surface area contributed by atoms with Gasteiger partial charge in [-0.05, 0) is 40.2 Å². The van der Waals surface area contributed by atoms with E-state index in [0.717, 1.165) is 19.2 Å². The van der Waals surface area contributed by atoms with E-state index in [2.05, 4.69) is 26.0 Å². The van der Waals surface area contributed by atoms with Crippen LogP contribution in [0.5, 0.6) is 5.75 Å². The van der Waals surface area contributed by atoms with Crippen molar-refractivity contribution >= 4 is 27.5 Å². The maximum atomic E-state index is 12.9. The second kappa shape index (κ2) is 5.80. The fraction of sp³-hybridized carbons (Fsp3) is 0.154. The monoisotopic (exact) mass is 363 g/mol. The van der Waals surface area contributed by atoms with Gasteiger partial charge >= 0.3 is 6.18 Å². The van der Waals surface area contributed by atoms with Gasteiger partial charge in [-0.1, -0.05) is 0 Å². The lowest BCUT2D eigenvalue weighted by Gasteiger charge is -2.13. The zero-order valence-electron chi connectivity index (χ0n) is 10.6. The maximum Gasteiger partial charge on any atom is 0.420 e. The molecule has 0 spiro atoms. The Balaban J connectivity index is 2.30. The number of carbonyl (C=O) groups is 1. The number of hydrogen-bond acceptors (Lipinski definition) is 3. The second-order valence-electron chi connectivity index (χ2n) is 3.97. The first-order valence-corrected chi connectivity index (χ1v) is 6.42. The van der Waals surface area contributed by atoms with E-state index in [1.54, 1.807) is 0 Å². The number of hydrogen-bond donors (Lipinski definition) is 1. The van der Waals surface area contributed by atoms with Crippen molar-refractivity contribution in [3.8, 4) is 5.75 Å². The predicted octanol–water partition coefficient (Wildman–Crippen LogP) is 4.32. The molecule has 0 bridgehead atoms. The molecule has 2 rings (SSSR count). The number of ether oxygens (including phenoxy) is 1. The van der Waals surface area contributed by atoms with Crippen molar-refractivity contribution in [1.82, 2.24) is 0 Å². The molecule has 21 heavy (non-hydrogen) atoms. The molecule has 1 amide bonds. The van der Waals surface area contributed by atoms with E-state index in [0.29, 0.717) is 0 Å². The van der Waals surface area contributed by atoms with E-state index in [1.807, 2.05) is 0 Å². The molecule has 0 aliphatic carbocycles. The van der Waals surface area contributed by atoms with Crippen molar-refractivity contribution in [3.05, 3.63) is 46.3 Å². The summed E-state index contributed by atoms with van der Waals surface area (Å²) in [6.07, 6.45) is -3.30. The molecule has 0 fully saturated rings. The van der Waals surface area contributed by atoms with Crippen LogP contribution in [-0.2, 0) is 6.18 Å². The lowest BCUT2D eigenvalue weighted by molar-refractivity contribution is -0.138. The Labute approximate surface area is 126 Å². The Morgan fingerprint density at radius 3 is 2.57 bits per heavy atom. The van der Waals surface area contributed by atoms with E-state index in [4.69, 9.17) is 4.42 Å². The Kier molecular flexibility index (Phi) is 4.26. The van der Waals surface area contributed by atoms with Crippen LogP contribution in [0.15, 0.2) is 39.6 Å². The van der Waals surface area contributed by atoms with Gasteiger partial charge in [-0.15, -0.1) is 0 Å². The topological polar surface area (TPSA) is 51.5 Å². The SMILES string of the molecule is COc1ccc(NC(=O)c2ccoc2Br)cc1C(F)(F)F. The number of rotatable bonds is 3. The van der Waals surface area contributed by atoms with Gasteiger partial charge in [-0.25, -0.2) is 0 Å². The lowest BCUT2D eigenvalue weighted by Crippen LogP contribution is -2.13. The van der Waals surface area contributed by atoms with Crippen molar-refractivity contribution in [2.24, 2.45) is 0 Å². The number of halogens is 4. The first-order valence-electron chi connectivity index (χ1n) is 5.62. The van der Waals surface area contributed by atoms with E-state index in [1.165, 1.54) is 18.4 Å². The van der Waals surface area contributed by atoms with Crippen LogP contribution >= 0.6 is 15.9 Å². The average molecular weight is 364 g/mol. The molecule has 0 unspecified atom stereocenters. The highest BCUT2D eigenvalue weighted by atomic mass is 79.9. The van der Waals surface area contributed by atoms with Crippen molar-refractivity contribution in [1.29, 1.82) is 0 Å². The largest absolute Gasteiger partial charge is 0.496 e. The molecule has 0 aliphatic heterocycles. The van der Waals surface area contributed by atoms with Crippen LogP contribution in [0.3, 0.4) is 0 Å². The quantitative estimate of drug-likeness (QED) is 0.883. The van der Waals surface area contributed by atoms with Crippen molar-refractivity contribution < 1.29 is 27.1 Å². The van der Waals surface area contributed by atoms with Crippen LogP contribution in [-0.4, -0.2) is 13.0 Å². The van der Waals surface area contributed by atoms with Gasteiger partial charge in [0.1, 0.15) is 5.75 Å². The summed E-state index contributed by atoms with van der Waals surface area (Å²) in [6, 6.07) is 4.67. The molecule has 0 saturated carbocycles. The highest BCUT2D eigenvalue weighted by Crippen LogP contribution is 2.37. The third kappa shape index (κ3) is 3.38. The standard InChI is InChI=1S/C13H9BrF3NO3/c1-20-10-3-2-7(6-9(10)13(15,16)17)18-12(19)8-4-5-21-11(8)14/h2-6H,1H3,(H,18,19). The Hall–Kier alpha value is -1.96. The number of carbonyl (C=O) groups excluding carboxylic acids is 1. The number of benzene rings is 1. The highest BCUT2D eigenvalue weighted by molar-refractivity contribution is 9.10. The third-order valence-electron chi connectivity index (χ3n) is 2.63. The third-order valence-corrected chi connectivity index (χ3v) is 3.24. The number of methoxy groups -OCH3 is 1. The van der Waals surface area contributed by atoms with Crippen LogP contribution in [0.1, 0.15) is 15.9 Å². The van der Waals surface area contributed by atoms with Crippen LogP contribution in [0.2, 0.25) is 0 Å². The summed E-state index contributed by atoms with van der Waals surface area (Å²) in [4.78, 5) is 11.9. The fourth-order valence-corrected chi connectivity index (χ4v) is 2.08. The highest BCUT2D eigenvalue weighted by Gasteiger charge is 2.34. The summed E-state index contributed by atoms with van der Waals surface area (Å²) in [5.41, 5.74) is -0.783. The smallest absolute Gasteiger partial charge is 0.420 e. The van der Waals surface area contributed by atoms with E-state index in [-0.39, 0.29) is 21.7 Å². The Morgan fingerprint density at radius 2 is 2.05 bits per heavy atom. The first kappa shape index (κ1) is 15.4. The van der Waals surface area contributed by atoms with Crippen LogP contribution in [0.4, 0.5) is 18.9 Å². The zero-order chi connectivity index (χ0) is 15.6. The molecular formula is C13H9BrF3NO3. The molecule has 112 valence electrons. The molecule has 2 aromatic rings. The number of nitrogens with one attached hydrogen (secondary N) is 1. The molecule has 0 radical (unpaired) electrons. The number of furan rings is 1. The Morgan fingerprint density at radius 1 is 1.33 bits per heavy atom. The van der Waals surface area contributed by atoms with Gasteiger partial charge < -0.3 is 14.5 Å². The van der Waals surface area contributed by atoms with E-state index >= 15 is 0 Å². The molecule has 8 heteroatoms. The van der Waals surface area contributed by atoms with Crippen molar-refractivity contribution in [2.45, 2.75) is 6.18 Å². The minimum atomic E-state index is -4.58. The van der Waals surface area contributed by atoms with Crippen molar-refractivity contribution in [2.75, 3.05) is 12.4 Å². The molecule has 1 aromatic heterocycles. The van der Waals surface area contributed by atoms with Gasteiger partial charge in [0, 0.05) is 5.69 Å². The molecule has 0 saturated heterocycles. The number of anilines is 1. The van der Waals surface area contributed by atoms with Crippen LogP contribution < -0.4 is 10.1 Å². The van der Waals surface area contributed by atoms with Crippen LogP contribution in [0.25, 0.3) is 0 Å². The van der Waals surface area contributed by atoms with E-state index < -0.39 is 17.6 Å². The fourth-order valence-electron chi connectivity index (χ4n) is 1.66. The molecule has 1 heterocycles. The predicted molar refractivity (Wildman–Crippen MR) is 72.4 cm³/mol. The molecule has 0 aliphatic rings. The minimum absolute atomic E-state index is 0.00113. The lowest BCUT2D eigenvalue weighted by atomic mass is 10.1. The molecule has 0 atom stereocenters. The van der Waals surface area contributed by atoms with Crippen LogP contribution in [0, 0.1) is 0 Å². The summed E-state index contributed by atoms with van der Waals surface area (Å²) in [6.45, 7) is 0. The summed E-state index contributed by atoms with van der Waals surface area (Å²) < 4.78 is 48.4. The van der Waals surface area contributed by atoms with Gasteiger partial charge in [0.25, 0.3) is 5.91 Å². The maximum absolute atomic E-state index is 12.9. The minimum Gasteiger partial charge on any atom is -0.496 e. The summed E-state index contributed by atoms with van der Waals surface area (Å²) in [7, 11) is 1.14. The van der Waals surface area contributed by atoms with Gasteiger partial charge in [0.2, 0.25) is 0 Å². The zero-order valence-corrected chi connectivity index (χ0v) is 12.2. The van der Waals surface area contributed by atoms with Crippen molar-refractivity contribution in [3.63, 3.8) is 0 Å². The van der Waals surface area contributed by atoms with Gasteiger partial charge in [0.15, 0.2) is 4.67 Å². The molecule has 1 N–H and O–H groups in total. The first-order chi connectivity index (χ1) is 9.82. The molecule has 4 nitrogen and oxygen atoms in total. The number of alkyl halides is 3. The molecule has 1 aromatic carbocycles. The number of amides is 1. The second-order valence-corrected chi connectivity index (χ2v) is 4.70. The summed E-state index contributed by atoms with van der Waals surface area (Å²) in [5.74, 6) is -0.904. The Bertz CT molecular complexity index is 667. The summed E-state index contributed by atoms with van der Waals surface area (Å²) in [5, 5.41) is 2.36. The van der Waals surface area contributed by atoms with Gasteiger partial charge in [-0.3, -0.25) is 4.79 Å². The average Bonchev–Trinajstić information content (AvgIpc) is 2.84. The normalized spacial score (nSPS) is 11.3.